The second kappa shape index (κ2) is 6.81. The molecular formula is C19H27F2N3O. The van der Waals surface area contributed by atoms with Crippen molar-refractivity contribution >= 4 is 11.7 Å². The molecule has 1 unspecified atom stereocenters. The summed E-state index contributed by atoms with van der Waals surface area (Å²) < 4.78 is 27.1. The molecule has 1 aromatic carbocycles. The number of urea groups is 1. The van der Waals surface area contributed by atoms with Gasteiger partial charge in [-0.3, -0.25) is 0 Å². The van der Waals surface area contributed by atoms with Gasteiger partial charge in [0.25, 0.3) is 5.92 Å². The molecule has 138 valence electrons. The fourth-order valence-corrected chi connectivity index (χ4v) is 3.77. The van der Waals surface area contributed by atoms with Crippen LogP contribution in [0.1, 0.15) is 50.6 Å². The minimum Gasteiger partial charge on any atom is -0.374 e. The largest absolute Gasteiger partial charge is 0.374 e. The SMILES string of the molecule is CN1CCCC(NC(=O)NCCC2(C(C)(F)F)CC2)c2ccccc21. The van der Waals surface area contributed by atoms with Crippen LogP contribution in [0.2, 0.25) is 0 Å². The maximum absolute atomic E-state index is 13.6. The van der Waals surface area contributed by atoms with Crippen LogP contribution in [0.15, 0.2) is 24.3 Å². The van der Waals surface area contributed by atoms with Crippen LogP contribution in [0.5, 0.6) is 0 Å². The van der Waals surface area contributed by atoms with Crippen molar-refractivity contribution in [1.29, 1.82) is 0 Å². The van der Waals surface area contributed by atoms with Gasteiger partial charge in [0.05, 0.1) is 6.04 Å². The zero-order valence-electron chi connectivity index (χ0n) is 14.9. The van der Waals surface area contributed by atoms with Crippen LogP contribution >= 0.6 is 0 Å². The highest BCUT2D eigenvalue weighted by Gasteiger charge is 2.58. The predicted molar refractivity (Wildman–Crippen MR) is 95.1 cm³/mol. The second-order valence-electron chi connectivity index (χ2n) is 7.49. The van der Waals surface area contributed by atoms with Crippen LogP contribution in [0, 0.1) is 5.41 Å². The summed E-state index contributed by atoms with van der Waals surface area (Å²) in [4.78, 5) is 14.5. The van der Waals surface area contributed by atoms with Crippen molar-refractivity contribution in [3.05, 3.63) is 29.8 Å². The molecule has 1 aliphatic heterocycles. The minimum atomic E-state index is -2.67. The van der Waals surface area contributed by atoms with Crippen LogP contribution in [0.4, 0.5) is 19.3 Å². The van der Waals surface area contributed by atoms with Gasteiger partial charge in [-0.05, 0) is 50.7 Å². The zero-order valence-corrected chi connectivity index (χ0v) is 14.9. The van der Waals surface area contributed by atoms with Crippen LogP contribution < -0.4 is 15.5 Å². The summed E-state index contributed by atoms with van der Waals surface area (Å²) in [6, 6.07) is 7.75. The monoisotopic (exact) mass is 351 g/mol. The van der Waals surface area contributed by atoms with Gasteiger partial charge in [-0.1, -0.05) is 18.2 Å². The lowest BCUT2D eigenvalue weighted by atomic mass is 9.95. The van der Waals surface area contributed by atoms with Crippen LogP contribution in [-0.2, 0) is 0 Å². The number of nitrogens with zero attached hydrogens (tertiary/aromatic N) is 1. The van der Waals surface area contributed by atoms with E-state index >= 15 is 0 Å². The molecule has 0 spiro atoms. The van der Waals surface area contributed by atoms with Crippen molar-refractivity contribution in [2.75, 3.05) is 25.0 Å². The molecule has 2 aliphatic rings. The third-order valence-corrected chi connectivity index (χ3v) is 5.69. The van der Waals surface area contributed by atoms with Gasteiger partial charge in [0.15, 0.2) is 0 Å². The highest BCUT2D eigenvalue weighted by atomic mass is 19.3. The molecule has 1 aromatic rings. The van der Waals surface area contributed by atoms with E-state index < -0.39 is 11.3 Å². The maximum atomic E-state index is 13.6. The Kier molecular flexibility index (Phi) is 4.89. The molecule has 6 heteroatoms. The number of amides is 2. The molecule has 0 bridgehead atoms. The lowest BCUT2D eigenvalue weighted by Crippen LogP contribution is -2.40. The number of nitrogens with one attached hydrogen (secondary N) is 2. The quantitative estimate of drug-likeness (QED) is 0.839. The Balaban J connectivity index is 1.55. The van der Waals surface area contributed by atoms with Gasteiger partial charge < -0.3 is 15.5 Å². The van der Waals surface area contributed by atoms with Gasteiger partial charge >= 0.3 is 6.03 Å². The molecule has 1 saturated carbocycles. The summed E-state index contributed by atoms with van der Waals surface area (Å²) in [5.41, 5.74) is 1.34. The fraction of sp³-hybridized carbons (Fsp3) is 0.632. The highest BCUT2D eigenvalue weighted by molar-refractivity contribution is 5.75. The molecule has 1 heterocycles. The molecule has 4 nitrogen and oxygen atoms in total. The first-order valence-electron chi connectivity index (χ1n) is 9.05. The Hall–Kier alpha value is -1.85. The van der Waals surface area contributed by atoms with E-state index in [9.17, 15) is 13.6 Å². The number of carbonyl (C=O) groups is 1. The maximum Gasteiger partial charge on any atom is 0.315 e. The number of hydrogen-bond acceptors (Lipinski definition) is 2. The van der Waals surface area contributed by atoms with Gasteiger partial charge in [-0.15, -0.1) is 0 Å². The molecule has 1 fully saturated rings. The van der Waals surface area contributed by atoms with Gasteiger partial charge in [-0.2, -0.15) is 0 Å². The number of carbonyl (C=O) groups excluding carboxylic acids is 1. The van der Waals surface area contributed by atoms with Crippen LogP contribution in [-0.4, -0.2) is 32.1 Å². The van der Waals surface area contributed by atoms with E-state index in [0.717, 1.165) is 37.6 Å². The lowest BCUT2D eigenvalue weighted by Gasteiger charge is -2.24. The molecule has 0 aromatic heterocycles. The Morgan fingerprint density at radius 1 is 1.36 bits per heavy atom. The molecule has 1 atom stereocenters. The van der Waals surface area contributed by atoms with Crippen molar-refractivity contribution < 1.29 is 13.6 Å². The van der Waals surface area contributed by atoms with Crippen molar-refractivity contribution in [1.82, 2.24) is 10.6 Å². The van der Waals surface area contributed by atoms with E-state index in [2.05, 4.69) is 28.6 Å². The number of fused-ring (bicyclic) bond motifs is 1. The Morgan fingerprint density at radius 2 is 2.08 bits per heavy atom. The van der Waals surface area contributed by atoms with E-state index in [1.165, 1.54) is 0 Å². The first-order chi connectivity index (χ1) is 11.8. The Morgan fingerprint density at radius 3 is 2.76 bits per heavy atom. The third-order valence-electron chi connectivity index (χ3n) is 5.69. The number of alkyl halides is 2. The van der Waals surface area contributed by atoms with E-state index in [1.807, 2.05) is 18.2 Å². The average molecular weight is 351 g/mol. The highest BCUT2D eigenvalue weighted by Crippen LogP contribution is 2.58. The summed E-state index contributed by atoms with van der Waals surface area (Å²) in [6.07, 6.45) is 3.27. The second-order valence-corrected chi connectivity index (χ2v) is 7.49. The van der Waals surface area contributed by atoms with E-state index in [0.29, 0.717) is 19.3 Å². The van der Waals surface area contributed by atoms with Gasteiger partial charge in [0.1, 0.15) is 0 Å². The number of para-hydroxylation sites is 1. The average Bonchev–Trinajstić information content (AvgIpc) is 3.35. The van der Waals surface area contributed by atoms with Crippen LogP contribution in [0.3, 0.4) is 0 Å². The summed E-state index contributed by atoms with van der Waals surface area (Å²) in [6.45, 7) is 2.22. The Bertz CT molecular complexity index is 625. The summed E-state index contributed by atoms with van der Waals surface area (Å²) >= 11 is 0. The van der Waals surface area contributed by atoms with E-state index in [1.54, 1.807) is 0 Å². The number of halogens is 2. The standard InChI is InChI=1S/C19H27F2N3O/c1-18(20,21)19(9-10-19)11-12-22-17(25)23-15-7-5-13-24(2)16-8-4-3-6-14(15)16/h3-4,6,8,15H,5,7,9-13H2,1-2H3,(H2,22,23,25). The number of anilines is 1. The zero-order chi connectivity index (χ0) is 18.1. The molecule has 25 heavy (non-hydrogen) atoms. The van der Waals surface area contributed by atoms with Gasteiger partial charge in [-0.25, -0.2) is 13.6 Å². The predicted octanol–water partition coefficient (Wildman–Crippen LogP) is 4.08. The van der Waals surface area contributed by atoms with Crippen molar-refractivity contribution in [3.63, 3.8) is 0 Å². The van der Waals surface area contributed by atoms with E-state index in [-0.39, 0.29) is 18.6 Å². The number of benzene rings is 1. The number of rotatable bonds is 5. The smallest absolute Gasteiger partial charge is 0.315 e. The number of hydrogen-bond donors (Lipinski definition) is 2. The van der Waals surface area contributed by atoms with Crippen molar-refractivity contribution in [3.8, 4) is 0 Å². The molecule has 2 N–H and O–H groups in total. The normalized spacial score (nSPS) is 21.9. The molecule has 0 radical (unpaired) electrons. The van der Waals surface area contributed by atoms with Crippen molar-refractivity contribution in [2.45, 2.75) is 51.0 Å². The van der Waals surface area contributed by atoms with Crippen LogP contribution in [0.25, 0.3) is 0 Å². The first-order valence-corrected chi connectivity index (χ1v) is 9.05. The van der Waals surface area contributed by atoms with E-state index in [4.69, 9.17) is 0 Å². The summed E-state index contributed by atoms with van der Waals surface area (Å²) in [5.74, 6) is -2.67. The molecular weight excluding hydrogens is 324 g/mol. The van der Waals surface area contributed by atoms with Gasteiger partial charge in [0, 0.05) is 31.2 Å². The summed E-state index contributed by atoms with van der Waals surface area (Å²) in [7, 11) is 2.06. The van der Waals surface area contributed by atoms with Crippen molar-refractivity contribution in [2.24, 2.45) is 5.41 Å². The third kappa shape index (κ3) is 3.88. The fourth-order valence-electron chi connectivity index (χ4n) is 3.77. The molecule has 3 rings (SSSR count). The molecule has 1 aliphatic carbocycles. The Labute approximate surface area is 148 Å². The molecule has 0 saturated heterocycles. The lowest BCUT2D eigenvalue weighted by molar-refractivity contribution is -0.0573. The van der Waals surface area contributed by atoms with Gasteiger partial charge in [0.2, 0.25) is 0 Å². The minimum absolute atomic E-state index is 0.0522. The molecule has 2 amide bonds. The topological polar surface area (TPSA) is 44.4 Å². The first kappa shape index (κ1) is 18.0. The summed E-state index contributed by atoms with van der Waals surface area (Å²) in [5, 5.41) is 5.78.